The van der Waals surface area contributed by atoms with E-state index >= 15 is 0 Å². The van der Waals surface area contributed by atoms with E-state index in [9.17, 15) is 8.78 Å². The number of benzene rings is 2. The van der Waals surface area contributed by atoms with Gasteiger partial charge in [-0.3, -0.25) is 4.99 Å². The van der Waals surface area contributed by atoms with Gasteiger partial charge in [-0.15, -0.1) is 24.0 Å². The molecule has 0 aliphatic carbocycles. The Bertz CT molecular complexity index is 731. The molecule has 0 fully saturated rings. The fourth-order valence-corrected chi connectivity index (χ4v) is 2.56. The van der Waals surface area contributed by atoms with E-state index in [1.54, 1.807) is 32.2 Å². The molecule has 0 saturated heterocycles. The third-order valence-corrected chi connectivity index (χ3v) is 3.79. The van der Waals surface area contributed by atoms with Gasteiger partial charge in [-0.2, -0.15) is 8.78 Å². The summed E-state index contributed by atoms with van der Waals surface area (Å²) in [6.45, 7) is 0.194. The first-order valence-corrected chi connectivity index (χ1v) is 8.82. The quantitative estimate of drug-likeness (QED) is 0.305. The summed E-state index contributed by atoms with van der Waals surface area (Å²) >= 11 is 0. The molecular formula is C20H26F2IN3O2. The van der Waals surface area contributed by atoms with Crippen LogP contribution in [0.5, 0.6) is 11.5 Å². The summed E-state index contributed by atoms with van der Waals surface area (Å²) < 4.78 is 35.6. The van der Waals surface area contributed by atoms with E-state index in [4.69, 9.17) is 4.74 Å². The number of nitrogens with zero attached hydrogens (tertiary/aromatic N) is 1. The predicted octanol–water partition coefficient (Wildman–Crippen LogP) is 4.21. The van der Waals surface area contributed by atoms with E-state index in [1.165, 1.54) is 5.56 Å². The predicted molar refractivity (Wildman–Crippen MR) is 118 cm³/mol. The summed E-state index contributed by atoms with van der Waals surface area (Å²) in [5.74, 6) is 0.918. The average Bonchev–Trinajstić information content (AvgIpc) is 2.67. The summed E-state index contributed by atoms with van der Waals surface area (Å²) in [6.07, 6.45) is 0.848. The first kappa shape index (κ1) is 23.9. The molecule has 2 N–H and O–H groups in total. The third kappa shape index (κ3) is 7.87. The Morgan fingerprint density at radius 2 is 1.82 bits per heavy atom. The van der Waals surface area contributed by atoms with Crippen molar-refractivity contribution < 1.29 is 18.3 Å². The second-order valence-corrected chi connectivity index (χ2v) is 5.64. The Hall–Kier alpha value is -2.10. The number of guanidine groups is 1. The fraction of sp³-hybridized carbons (Fsp3) is 0.350. The number of hydrogen-bond acceptors (Lipinski definition) is 3. The van der Waals surface area contributed by atoms with Gasteiger partial charge in [0.1, 0.15) is 0 Å². The molecule has 2 aromatic carbocycles. The number of hydrogen-bond donors (Lipinski definition) is 2. The van der Waals surface area contributed by atoms with Gasteiger partial charge in [-0.25, -0.2) is 0 Å². The average molecular weight is 505 g/mol. The number of rotatable bonds is 9. The highest BCUT2D eigenvalue weighted by Crippen LogP contribution is 2.32. The van der Waals surface area contributed by atoms with Crippen LogP contribution in [0.4, 0.5) is 8.78 Å². The topological polar surface area (TPSA) is 54.9 Å². The Balaban J connectivity index is 0.00000392. The molecule has 0 heterocycles. The highest BCUT2D eigenvalue weighted by Gasteiger charge is 2.15. The fourth-order valence-electron chi connectivity index (χ4n) is 2.56. The molecule has 2 aromatic rings. The van der Waals surface area contributed by atoms with E-state index < -0.39 is 6.61 Å². The van der Waals surface area contributed by atoms with E-state index in [2.05, 4.69) is 32.5 Å². The number of nitrogens with one attached hydrogen (secondary N) is 2. The van der Waals surface area contributed by atoms with Gasteiger partial charge in [0.25, 0.3) is 0 Å². The lowest BCUT2D eigenvalue weighted by molar-refractivity contribution is -0.0520. The van der Waals surface area contributed by atoms with Gasteiger partial charge in [-0.05, 0) is 25.0 Å². The summed E-state index contributed by atoms with van der Waals surface area (Å²) in [5, 5.41) is 6.32. The van der Waals surface area contributed by atoms with Crippen molar-refractivity contribution in [1.82, 2.24) is 10.6 Å². The Morgan fingerprint density at radius 3 is 2.46 bits per heavy atom. The zero-order valence-corrected chi connectivity index (χ0v) is 18.3. The second kappa shape index (κ2) is 13.1. The van der Waals surface area contributed by atoms with Crippen LogP contribution >= 0.6 is 24.0 Å². The molecule has 0 unspecified atom stereocenters. The Morgan fingerprint density at radius 1 is 1.07 bits per heavy atom. The largest absolute Gasteiger partial charge is 0.490 e. The normalized spacial score (nSPS) is 11.0. The smallest absolute Gasteiger partial charge is 0.387 e. The molecule has 154 valence electrons. The maximum Gasteiger partial charge on any atom is 0.387 e. The molecule has 5 nitrogen and oxygen atoms in total. The van der Waals surface area contributed by atoms with E-state index in [0.717, 1.165) is 6.42 Å². The second-order valence-electron chi connectivity index (χ2n) is 5.64. The van der Waals surface area contributed by atoms with Crippen LogP contribution < -0.4 is 20.1 Å². The number of ether oxygens (including phenoxy) is 2. The molecule has 0 atom stereocenters. The van der Waals surface area contributed by atoms with Crippen molar-refractivity contribution in [2.75, 3.05) is 20.2 Å². The van der Waals surface area contributed by atoms with Crippen LogP contribution in [0.1, 0.15) is 18.1 Å². The van der Waals surface area contributed by atoms with Crippen LogP contribution in [0.3, 0.4) is 0 Å². The molecule has 28 heavy (non-hydrogen) atoms. The molecular weight excluding hydrogens is 479 g/mol. The summed E-state index contributed by atoms with van der Waals surface area (Å²) in [4.78, 5) is 4.16. The highest BCUT2D eigenvalue weighted by atomic mass is 127. The minimum Gasteiger partial charge on any atom is -0.490 e. The number of halogens is 3. The summed E-state index contributed by atoms with van der Waals surface area (Å²) in [5.41, 5.74) is 1.78. The van der Waals surface area contributed by atoms with Crippen LogP contribution in [0.25, 0.3) is 0 Å². The van der Waals surface area contributed by atoms with Gasteiger partial charge in [0, 0.05) is 25.7 Å². The van der Waals surface area contributed by atoms with Gasteiger partial charge < -0.3 is 20.1 Å². The van der Waals surface area contributed by atoms with Crippen molar-refractivity contribution >= 4 is 29.9 Å². The van der Waals surface area contributed by atoms with Crippen LogP contribution in [0, 0.1) is 0 Å². The lowest BCUT2D eigenvalue weighted by atomic mass is 10.1. The first-order valence-electron chi connectivity index (χ1n) is 8.82. The zero-order valence-electron chi connectivity index (χ0n) is 16.0. The maximum absolute atomic E-state index is 12.8. The molecule has 0 amide bonds. The molecule has 0 aromatic heterocycles. The van der Waals surface area contributed by atoms with Crippen LogP contribution in [-0.4, -0.2) is 32.8 Å². The number of aliphatic imine (C=N–C) groups is 1. The minimum atomic E-state index is -2.92. The Kier molecular flexibility index (Phi) is 11.2. The van der Waals surface area contributed by atoms with Crippen molar-refractivity contribution in [1.29, 1.82) is 0 Å². The van der Waals surface area contributed by atoms with Gasteiger partial charge in [0.05, 0.1) is 6.61 Å². The van der Waals surface area contributed by atoms with Crippen LogP contribution in [-0.2, 0) is 13.0 Å². The van der Waals surface area contributed by atoms with Gasteiger partial charge >= 0.3 is 6.61 Å². The van der Waals surface area contributed by atoms with Crippen molar-refractivity contribution in [2.24, 2.45) is 4.99 Å². The van der Waals surface area contributed by atoms with E-state index in [-0.39, 0.29) is 36.3 Å². The lowest BCUT2D eigenvalue weighted by Crippen LogP contribution is -2.38. The molecule has 2 rings (SSSR count). The van der Waals surface area contributed by atoms with Crippen molar-refractivity contribution in [3.05, 3.63) is 59.7 Å². The first-order chi connectivity index (χ1) is 13.1. The van der Waals surface area contributed by atoms with Crippen molar-refractivity contribution in [3.63, 3.8) is 0 Å². The molecule has 8 heteroatoms. The van der Waals surface area contributed by atoms with Gasteiger partial charge in [0.15, 0.2) is 17.5 Å². The molecule has 0 aliphatic heterocycles. The molecule has 0 saturated carbocycles. The molecule has 0 aliphatic rings. The molecule has 0 spiro atoms. The summed E-state index contributed by atoms with van der Waals surface area (Å²) in [6, 6.07) is 15.2. The van der Waals surface area contributed by atoms with E-state index in [0.29, 0.717) is 30.4 Å². The highest BCUT2D eigenvalue weighted by molar-refractivity contribution is 14.0. The number of alkyl halides is 2. The van der Waals surface area contributed by atoms with E-state index in [1.807, 2.05) is 18.2 Å². The van der Waals surface area contributed by atoms with Gasteiger partial charge in [-0.1, -0.05) is 42.5 Å². The maximum atomic E-state index is 12.8. The monoisotopic (exact) mass is 505 g/mol. The third-order valence-electron chi connectivity index (χ3n) is 3.79. The SMILES string of the molecule is CCOc1cccc(CNC(=NC)NCCc2ccccc2)c1OC(F)F.I. The number of para-hydroxylation sites is 1. The standard InChI is InChI=1S/C20H25F2N3O2.HI/c1-3-26-17-11-7-10-16(18(17)27-19(21)22)14-25-20(23-2)24-13-12-15-8-5-4-6-9-15;/h4-11,19H,3,12-14H2,1-2H3,(H2,23,24,25);1H. The van der Waals surface area contributed by atoms with Crippen molar-refractivity contribution in [3.8, 4) is 11.5 Å². The van der Waals surface area contributed by atoms with Crippen molar-refractivity contribution in [2.45, 2.75) is 26.5 Å². The molecule has 0 radical (unpaired) electrons. The van der Waals surface area contributed by atoms with Crippen LogP contribution in [0.2, 0.25) is 0 Å². The lowest BCUT2D eigenvalue weighted by Gasteiger charge is -2.17. The minimum absolute atomic E-state index is 0. The zero-order chi connectivity index (χ0) is 19.5. The molecule has 0 bridgehead atoms. The van der Waals surface area contributed by atoms with Crippen LogP contribution in [0.15, 0.2) is 53.5 Å². The van der Waals surface area contributed by atoms with Gasteiger partial charge in [0.2, 0.25) is 0 Å². The Labute approximate surface area is 181 Å². The summed E-state index contributed by atoms with van der Waals surface area (Å²) in [7, 11) is 1.66.